The number of amides is 2. The van der Waals surface area contributed by atoms with E-state index in [2.05, 4.69) is 44.4 Å². The quantitative estimate of drug-likeness (QED) is 0.413. The molecule has 0 fully saturated rings. The van der Waals surface area contributed by atoms with Gasteiger partial charge < -0.3 is 14.5 Å². The second-order valence-electron chi connectivity index (χ2n) is 9.54. The zero-order chi connectivity index (χ0) is 24.8. The first-order valence-corrected chi connectivity index (χ1v) is 13.1. The summed E-state index contributed by atoms with van der Waals surface area (Å²) in [5.41, 5.74) is 4.54. The molecule has 2 aromatic carbocycles. The van der Waals surface area contributed by atoms with Crippen LogP contribution in [-0.4, -0.2) is 47.9 Å². The second-order valence-corrected chi connectivity index (χ2v) is 10.5. The number of aryl methyl sites for hydroxylation is 1. The Morgan fingerprint density at radius 1 is 1.06 bits per heavy atom. The topological polar surface area (TPSA) is 49.9 Å². The molecule has 0 saturated carbocycles. The summed E-state index contributed by atoms with van der Waals surface area (Å²) in [5.74, 6) is 0.0775. The van der Waals surface area contributed by atoms with Crippen molar-refractivity contribution >= 4 is 23.2 Å². The summed E-state index contributed by atoms with van der Waals surface area (Å²) in [6.07, 6.45) is 0.847. The van der Waals surface area contributed by atoms with E-state index in [4.69, 9.17) is 4.74 Å². The third-order valence-corrected chi connectivity index (χ3v) is 7.37. The number of hydrogen-bond donors (Lipinski definition) is 0. The maximum Gasteiger partial charge on any atom is 0.249 e. The summed E-state index contributed by atoms with van der Waals surface area (Å²) in [6.45, 7) is 7.79. The lowest BCUT2D eigenvalue weighted by molar-refractivity contribution is -0.145. The summed E-state index contributed by atoms with van der Waals surface area (Å²) >= 11 is 1.76. The maximum absolute atomic E-state index is 13.7. The molecule has 1 unspecified atom stereocenters. The second kappa shape index (κ2) is 11.6. The van der Waals surface area contributed by atoms with Gasteiger partial charge in [-0.1, -0.05) is 68.4 Å². The molecule has 184 valence electrons. The molecule has 2 heterocycles. The number of nitrogens with zero attached hydrogens (tertiary/aromatic N) is 2. The van der Waals surface area contributed by atoms with Crippen molar-refractivity contribution in [2.45, 2.75) is 39.8 Å². The van der Waals surface area contributed by atoms with Crippen LogP contribution in [-0.2, 0) is 27.4 Å². The number of fused-ring (bicyclic) bond motifs is 1. The molecular formula is C29H34N2O3S. The highest BCUT2D eigenvalue weighted by Crippen LogP contribution is 2.39. The van der Waals surface area contributed by atoms with Gasteiger partial charge in [-0.2, -0.15) is 0 Å². The number of carbonyl (C=O) groups is 2. The van der Waals surface area contributed by atoms with Crippen LogP contribution in [0.3, 0.4) is 0 Å². The number of rotatable bonds is 9. The van der Waals surface area contributed by atoms with Gasteiger partial charge in [0.05, 0.1) is 19.2 Å². The number of thiophene rings is 1. The molecule has 3 aromatic rings. The number of hydrogen-bond acceptors (Lipinski definition) is 4. The summed E-state index contributed by atoms with van der Waals surface area (Å²) in [4.78, 5) is 31.8. The van der Waals surface area contributed by atoms with E-state index in [1.165, 1.54) is 16.0 Å². The van der Waals surface area contributed by atoms with Crippen LogP contribution >= 0.6 is 11.3 Å². The minimum Gasteiger partial charge on any atom is -0.367 e. The highest BCUT2D eigenvalue weighted by molar-refractivity contribution is 7.10. The van der Waals surface area contributed by atoms with E-state index in [1.807, 2.05) is 47.4 Å². The lowest BCUT2D eigenvalue weighted by Crippen LogP contribution is -2.48. The molecule has 1 aliphatic rings. The first-order valence-electron chi connectivity index (χ1n) is 12.2. The van der Waals surface area contributed by atoms with E-state index in [0.717, 1.165) is 17.5 Å². The van der Waals surface area contributed by atoms with Gasteiger partial charge >= 0.3 is 0 Å². The van der Waals surface area contributed by atoms with Gasteiger partial charge in [-0.3, -0.25) is 9.59 Å². The lowest BCUT2D eigenvalue weighted by atomic mass is 9.90. The fourth-order valence-electron chi connectivity index (χ4n) is 4.69. The predicted octanol–water partition coefficient (Wildman–Crippen LogP) is 5.23. The fourth-order valence-corrected chi connectivity index (χ4v) is 5.59. The van der Waals surface area contributed by atoms with Gasteiger partial charge in [0.15, 0.2) is 0 Å². The standard InChI is InChI=1S/C29H34N2O3S/c1-21(2)17-30(28(33)20-34-19-23-10-5-4-6-11-23)18-27(32)31-15-13-26-25(14-16-35-26)29(31)24-12-8-7-9-22(24)3/h4-12,14,16,21,29H,13,15,17-20H2,1-3H3. The Morgan fingerprint density at radius 2 is 1.80 bits per heavy atom. The van der Waals surface area contributed by atoms with Crippen molar-refractivity contribution in [1.82, 2.24) is 9.80 Å². The molecular weight excluding hydrogens is 456 g/mol. The predicted molar refractivity (Wildman–Crippen MR) is 140 cm³/mol. The van der Waals surface area contributed by atoms with Gasteiger partial charge in [-0.05, 0) is 53.0 Å². The van der Waals surface area contributed by atoms with E-state index in [0.29, 0.717) is 19.7 Å². The van der Waals surface area contributed by atoms with Gasteiger partial charge in [-0.15, -0.1) is 11.3 Å². The SMILES string of the molecule is Cc1ccccc1C1c2ccsc2CCN1C(=O)CN(CC(C)C)C(=O)COCc1ccccc1. The molecule has 0 aliphatic carbocycles. The first kappa shape index (κ1) is 25.1. The Balaban J connectivity index is 1.49. The average Bonchev–Trinajstić information content (AvgIpc) is 3.33. The summed E-state index contributed by atoms with van der Waals surface area (Å²) in [6, 6.07) is 20.1. The van der Waals surface area contributed by atoms with Gasteiger partial charge in [0.1, 0.15) is 6.61 Å². The number of carbonyl (C=O) groups excluding carboxylic acids is 2. The zero-order valence-corrected chi connectivity index (χ0v) is 21.6. The number of ether oxygens (including phenoxy) is 1. The molecule has 0 bridgehead atoms. The Bertz CT molecular complexity index is 1140. The summed E-state index contributed by atoms with van der Waals surface area (Å²) < 4.78 is 5.70. The molecule has 35 heavy (non-hydrogen) atoms. The molecule has 1 atom stereocenters. The van der Waals surface area contributed by atoms with E-state index in [9.17, 15) is 9.59 Å². The minimum absolute atomic E-state index is 0.0211. The Morgan fingerprint density at radius 3 is 2.54 bits per heavy atom. The normalized spacial score (nSPS) is 15.2. The van der Waals surface area contributed by atoms with Crippen LogP contribution in [0.5, 0.6) is 0 Å². The van der Waals surface area contributed by atoms with Crippen LogP contribution in [0.4, 0.5) is 0 Å². The van der Waals surface area contributed by atoms with Gasteiger partial charge in [0.2, 0.25) is 11.8 Å². The molecule has 0 saturated heterocycles. The molecule has 6 heteroatoms. The van der Waals surface area contributed by atoms with E-state index in [-0.39, 0.29) is 36.9 Å². The highest BCUT2D eigenvalue weighted by Gasteiger charge is 2.34. The molecule has 1 aromatic heterocycles. The molecule has 4 rings (SSSR count). The van der Waals surface area contributed by atoms with Crippen LogP contribution in [0.1, 0.15) is 47.0 Å². The molecule has 0 radical (unpaired) electrons. The van der Waals surface area contributed by atoms with Crippen molar-refractivity contribution in [1.29, 1.82) is 0 Å². The molecule has 0 spiro atoms. The van der Waals surface area contributed by atoms with Crippen LogP contribution < -0.4 is 0 Å². The van der Waals surface area contributed by atoms with Crippen molar-refractivity contribution in [3.05, 3.63) is 93.2 Å². The monoisotopic (exact) mass is 490 g/mol. The van der Waals surface area contributed by atoms with Gasteiger partial charge in [0.25, 0.3) is 0 Å². The lowest BCUT2D eigenvalue weighted by Gasteiger charge is -2.38. The Labute approximate surface area is 212 Å². The van der Waals surface area contributed by atoms with E-state index in [1.54, 1.807) is 16.2 Å². The summed E-state index contributed by atoms with van der Waals surface area (Å²) in [5, 5.41) is 2.11. The summed E-state index contributed by atoms with van der Waals surface area (Å²) in [7, 11) is 0. The van der Waals surface area contributed by atoms with Gasteiger partial charge in [-0.25, -0.2) is 0 Å². The number of benzene rings is 2. The highest BCUT2D eigenvalue weighted by atomic mass is 32.1. The Kier molecular flexibility index (Phi) is 8.37. The Hall–Kier alpha value is -2.96. The molecule has 2 amide bonds. The first-order chi connectivity index (χ1) is 16.9. The molecule has 0 N–H and O–H groups in total. The third-order valence-electron chi connectivity index (χ3n) is 6.37. The van der Waals surface area contributed by atoms with Crippen molar-refractivity contribution in [3.63, 3.8) is 0 Å². The van der Waals surface area contributed by atoms with Crippen molar-refractivity contribution < 1.29 is 14.3 Å². The molecule has 1 aliphatic heterocycles. The van der Waals surface area contributed by atoms with Crippen LogP contribution in [0, 0.1) is 12.8 Å². The van der Waals surface area contributed by atoms with Crippen molar-refractivity contribution in [3.8, 4) is 0 Å². The maximum atomic E-state index is 13.7. The zero-order valence-electron chi connectivity index (χ0n) is 20.8. The van der Waals surface area contributed by atoms with Crippen molar-refractivity contribution in [2.75, 3.05) is 26.2 Å². The van der Waals surface area contributed by atoms with Crippen molar-refractivity contribution in [2.24, 2.45) is 5.92 Å². The third kappa shape index (κ3) is 6.19. The van der Waals surface area contributed by atoms with E-state index >= 15 is 0 Å². The fraction of sp³-hybridized carbons (Fsp3) is 0.379. The van der Waals surface area contributed by atoms with Crippen LogP contribution in [0.25, 0.3) is 0 Å². The van der Waals surface area contributed by atoms with E-state index < -0.39 is 0 Å². The van der Waals surface area contributed by atoms with Crippen LogP contribution in [0.2, 0.25) is 0 Å². The molecule has 5 nitrogen and oxygen atoms in total. The largest absolute Gasteiger partial charge is 0.367 e. The smallest absolute Gasteiger partial charge is 0.249 e. The van der Waals surface area contributed by atoms with Crippen LogP contribution in [0.15, 0.2) is 66.0 Å². The van der Waals surface area contributed by atoms with Gasteiger partial charge in [0, 0.05) is 18.0 Å². The minimum atomic E-state index is -0.149. The average molecular weight is 491 g/mol.